The number of allylic oxidation sites excluding steroid dienone is 12. The van der Waals surface area contributed by atoms with Gasteiger partial charge in [-0.05, 0) is 104 Å². The molecule has 0 spiro atoms. The fraction of sp³-hybridized carbons (Fsp3) is 0.143. The molecule has 242 valence electrons. The highest BCUT2D eigenvalue weighted by molar-refractivity contribution is 6.04. The van der Waals surface area contributed by atoms with Crippen LogP contribution in [-0.4, -0.2) is 0 Å². The molecule has 3 atom stereocenters. The van der Waals surface area contributed by atoms with E-state index >= 15 is 0 Å². The molecule has 0 bridgehead atoms. The highest BCUT2D eigenvalue weighted by atomic mass is 15.1. The second-order valence-electron chi connectivity index (χ2n) is 14.5. The molecule has 5 aromatic carbocycles. The third kappa shape index (κ3) is 5.17. The average Bonchev–Trinajstić information content (AvgIpc) is 3.41. The van der Waals surface area contributed by atoms with Crippen molar-refractivity contribution in [3.05, 3.63) is 210 Å². The summed E-state index contributed by atoms with van der Waals surface area (Å²) in [5, 5.41) is 0. The van der Waals surface area contributed by atoms with Gasteiger partial charge >= 0.3 is 0 Å². The van der Waals surface area contributed by atoms with Crippen molar-refractivity contribution in [2.75, 3.05) is 4.90 Å². The summed E-state index contributed by atoms with van der Waals surface area (Å²) in [6.45, 7) is 4.81. The van der Waals surface area contributed by atoms with Crippen LogP contribution in [0.25, 0.3) is 22.3 Å². The largest absolute Gasteiger partial charge is 0.311 e. The van der Waals surface area contributed by atoms with Crippen molar-refractivity contribution in [2.24, 2.45) is 11.8 Å². The summed E-state index contributed by atoms with van der Waals surface area (Å²) < 4.78 is 0. The summed E-state index contributed by atoms with van der Waals surface area (Å²) in [6, 6.07) is 46.9. The zero-order valence-corrected chi connectivity index (χ0v) is 28.7. The minimum atomic E-state index is 0.102. The van der Waals surface area contributed by atoms with Gasteiger partial charge in [-0.1, -0.05) is 160 Å². The molecule has 0 saturated heterocycles. The van der Waals surface area contributed by atoms with Gasteiger partial charge in [0.05, 0.1) is 0 Å². The summed E-state index contributed by atoms with van der Waals surface area (Å²) in [5.74, 6) is 1.41. The smallest absolute Gasteiger partial charge is 0.0462 e. The van der Waals surface area contributed by atoms with Gasteiger partial charge in [0.15, 0.2) is 0 Å². The van der Waals surface area contributed by atoms with Crippen LogP contribution in [0.3, 0.4) is 0 Å². The predicted molar refractivity (Wildman–Crippen MR) is 212 cm³/mol. The van der Waals surface area contributed by atoms with E-state index in [0.717, 1.165) is 23.5 Å². The highest BCUT2D eigenvalue weighted by Crippen LogP contribution is 2.53. The number of fused-ring (bicyclic) bond motifs is 4. The molecule has 0 N–H and O–H groups in total. The van der Waals surface area contributed by atoms with Crippen LogP contribution in [-0.2, 0) is 5.41 Å². The van der Waals surface area contributed by atoms with Crippen molar-refractivity contribution in [3.8, 4) is 11.1 Å². The normalized spacial score (nSPS) is 21.0. The van der Waals surface area contributed by atoms with Gasteiger partial charge in [-0.15, -0.1) is 0 Å². The molecule has 3 unspecified atom stereocenters. The Balaban J connectivity index is 1.07. The summed E-state index contributed by atoms with van der Waals surface area (Å²) in [7, 11) is 0. The lowest BCUT2D eigenvalue weighted by Crippen LogP contribution is -2.24. The van der Waals surface area contributed by atoms with E-state index in [9.17, 15) is 0 Å². The van der Waals surface area contributed by atoms with Crippen molar-refractivity contribution in [1.82, 2.24) is 0 Å². The second kappa shape index (κ2) is 12.3. The number of benzene rings is 5. The molecule has 0 aliphatic heterocycles. The van der Waals surface area contributed by atoms with Crippen LogP contribution >= 0.6 is 0 Å². The van der Waals surface area contributed by atoms with Crippen molar-refractivity contribution in [1.29, 1.82) is 0 Å². The monoisotopic (exact) mass is 643 g/mol. The van der Waals surface area contributed by atoms with Gasteiger partial charge in [0.2, 0.25) is 0 Å². The first-order valence-corrected chi connectivity index (χ1v) is 18.0. The van der Waals surface area contributed by atoms with Crippen LogP contribution in [0, 0.1) is 11.8 Å². The molecule has 0 fully saturated rings. The fourth-order valence-electron chi connectivity index (χ4n) is 8.69. The third-order valence-electron chi connectivity index (χ3n) is 11.3. The van der Waals surface area contributed by atoms with E-state index in [1.54, 1.807) is 0 Å². The maximum absolute atomic E-state index is 2.44. The summed E-state index contributed by atoms with van der Waals surface area (Å²) in [4.78, 5) is 2.36. The van der Waals surface area contributed by atoms with Gasteiger partial charge in [0, 0.05) is 28.9 Å². The van der Waals surface area contributed by atoms with Crippen LogP contribution in [0.1, 0.15) is 48.4 Å². The van der Waals surface area contributed by atoms with Crippen molar-refractivity contribution in [3.63, 3.8) is 0 Å². The Morgan fingerprint density at radius 1 is 0.580 bits per heavy atom. The van der Waals surface area contributed by atoms with Crippen LogP contribution in [0.4, 0.5) is 17.1 Å². The van der Waals surface area contributed by atoms with Gasteiger partial charge in [0.25, 0.3) is 0 Å². The van der Waals surface area contributed by atoms with Crippen LogP contribution in [0.2, 0.25) is 0 Å². The Morgan fingerprint density at radius 2 is 1.22 bits per heavy atom. The van der Waals surface area contributed by atoms with Crippen molar-refractivity contribution < 1.29 is 0 Å². The zero-order valence-electron chi connectivity index (χ0n) is 28.7. The highest BCUT2D eigenvalue weighted by Gasteiger charge is 2.44. The fourth-order valence-corrected chi connectivity index (χ4v) is 8.69. The molecule has 0 radical (unpaired) electrons. The quantitative estimate of drug-likeness (QED) is 0.178. The van der Waals surface area contributed by atoms with Crippen LogP contribution < -0.4 is 4.90 Å². The maximum Gasteiger partial charge on any atom is 0.0462 e. The van der Waals surface area contributed by atoms with Crippen molar-refractivity contribution >= 4 is 28.2 Å². The minimum absolute atomic E-state index is 0.102. The first kappa shape index (κ1) is 30.4. The summed E-state index contributed by atoms with van der Waals surface area (Å²) in [5.41, 5.74) is 15.5. The molecule has 9 rings (SSSR count). The standard InChI is InChI=1S/C49H41N/c1-49(2)46-20-12-11-19-44(46)45-32-26-38(33-47(45)49)34-21-27-40(28-22-34)50(39-16-7-4-8-17-39)41-29-23-36(24-30-41)43-31-25-35-13-9-10-18-42(35)48(43)37-14-5-3-6-15-37/h3-12,14-33,35,44,46H,13H2,1-2H3. The molecule has 4 aliphatic carbocycles. The molecular formula is C49H41N. The van der Waals surface area contributed by atoms with E-state index in [1.807, 2.05) is 0 Å². The number of hydrogen-bond acceptors (Lipinski definition) is 1. The van der Waals surface area contributed by atoms with Crippen molar-refractivity contribution in [2.45, 2.75) is 31.6 Å². The zero-order chi connectivity index (χ0) is 33.7. The van der Waals surface area contributed by atoms with Gasteiger partial charge in [-0.2, -0.15) is 0 Å². The molecule has 5 aromatic rings. The predicted octanol–water partition coefficient (Wildman–Crippen LogP) is 12.9. The van der Waals surface area contributed by atoms with Gasteiger partial charge in [-0.3, -0.25) is 0 Å². The third-order valence-corrected chi connectivity index (χ3v) is 11.3. The van der Waals surface area contributed by atoms with E-state index in [0.29, 0.717) is 17.8 Å². The number of hydrogen-bond donors (Lipinski definition) is 0. The molecule has 1 nitrogen and oxygen atoms in total. The molecule has 0 heterocycles. The number of nitrogens with zero attached hydrogens (tertiary/aromatic N) is 1. The van der Waals surface area contributed by atoms with E-state index in [1.165, 1.54) is 50.1 Å². The van der Waals surface area contributed by atoms with E-state index in [2.05, 4.69) is 201 Å². The Hall–Kier alpha value is -5.66. The molecular weight excluding hydrogens is 603 g/mol. The Bertz CT molecular complexity index is 2240. The minimum Gasteiger partial charge on any atom is -0.311 e. The molecule has 1 heteroatoms. The first-order valence-electron chi connectivity index (χ1n) is 18.0. The summed E-state index contributed by atoms with van der Waals surface area (Å²) in [6.07, 6.45) is 21.8. The number of anilines is 3. The molecule has 50 heavy (non-hydrogen) atoms. The van der Waals surface area contributed by atoms with Gasteiger partial charge < -0.3 is 4.90 Å². The maximum atomic E-state index is 2.44. The SMILES string of the molecule is CC1(C)c2cc(-c3ccc(N(c4ccccc4)c4ccc(C5=C(c6ccccc6)C6=CC=CCC6C=C5)cc4)cc3)ccc2C2C=CC=CC21. The Morgan fingerprint density at radius 3 is 1.96 bits per heavy atom. The number of para-hydroxylation sites is 1. The van der Waals surface area contributed by atoms with Crippen LogP contribution in [0.5, 0.6) is 0 Å². The molecule has 0 aromatic heterocycles. The lowest BCUT2D eigenvalue weighted by Gasteiger charge is -2.29. The first-order chi connectivity index (χ1) is 24.6. The van der Waals surface area contributed by atoms with Gasteiger partial charge in [0.1, 0.15) is 0 Å². The van der Waals surface area contributed by atoms with E-state index < -0.39 is 0 Å². The molecule has 4 aliphatic rings. The lowest BCUT2D eigenvalue weighted by atomic mass is 9.74. The second-order valence-corrected chi connectivity index (χ2v) is 14.5. The topological polar surface area (TPSA) is 3.24 Å². The van der Waals surface area contributed by atoms with E-state index in [-0.39, 0.29) is 5.41 Å². The average molecular weight is 644 g/mol. The Labute approximate surface area is 296 Å². The van der Waals surface area contributed by atoms with E-state index in [4.69, 9.17) is 0 Å². The van der Waals surface area contributed by atoms with Crippen LogP contribution in [0.15, 0.2) is 188 Å². The number of rotatable bonds is 6. The molecule has 0 saturated carbocycles. The van der Waals surface area contributed by atoms with Gasteiger partial charge in [-0.25, -0.2) is 0 Å². The Kier molecular flexibility index (Phi) is 7.50. The summed E-state index contributed by atoms with van der Waals surface area (Å²) >= 11 is 0. The molecule has 0 amide bonds. The lowest BCUT2D eigenvalue weighted by molar-refractivity contribution is 0.394.